The Labute approximate surface area is 116 Å². The van der Waals surface area contributed by atoms with Crippen LogP contribution >= 0.6 is 0 Å². The highest BCUT2D eigenvalue weighted by Gasteiger charge is 2.16. The van der Waals surface area contributed by atoms with E-state index in [0.717, 1.165) is 18.6 Å². The fourth-order valence-electron chi connectivity index (χ4n) is 2.34. The van der Waals surface area contributed by atoms with E-state index in [1.807, 2.05) is 12.1 Å². The zero-order valence-electron chi connectivity index (χ0n) is 10.8. The van der Waals surface area contributed by atoms with Crippen LogP contribution in [0.5, 0.6) is 5.75 Å². The molecule has 0 heterocycles. The van der Waals surface area contributed by atoms with Gasteiger partial charge in [0.05, 0.1) is 5.56 Å². The maximum absolute atomic E-state index is 11.9. The molecular formula is C16H14N2O2. The van der Waals surface area contributed by atoms with E-state index in [9.17, 15) is 9.90 Å². The van der Waals surface area contributed by atoms with E-state index >= 15 is 0 Å². The van der Waals surface area contributed by atoms with E-state index in [1.165, 1.54) is 17.2 Å². The second-order valence-electron chi connectivity index (χ2n) is 4.76. The molecule has 0 spiro atoms. The Hall–Kier alpha value is -2.62. The molecule has 1 amide bonds. The van der Waals surface area contributed by atoms with E-state index in [4.69, 9.17) is 0 Å². The van der Waals surface area contributed by atoms with Crippen LogP contribution in [0.3, 0.4) is 0 Å². The van der Waals surface area contributed by atoms with Crippen LogP contribution in [0.15, 0.2) is 53.6 Å². The Kier molecular flexibility index (Phi) is 3.21. The van der Waals surface area contributed by atoms with Crippen LogP contribution in [0.1, 0.15) is 21.5 Å². The average molecular weight is 266 g/mol. The standard InChI is InChI=1S/C16H14N2O2/c19-15-8-4-3-7-14(15)16(20)18-17-13-9-11-5-1-2-6-12(11)10-13/h1-8,19H,9-10H2,(H,18,20). The number of carbonyl (C=O) groups is 1. The van der Waals surface area contributed by atoms with Gasteiger partial charge in [0, 0.05) is 18.6 Å². The average Bonchev–Trinajstić information content (AvgIpc) is 2.88. The third-order valence-electron chi connectivity index (χ3n) is 3.37. The van der Waals surface area contributed by atoms with Gasteiger partial charge in [0.2, 0.25) is 0 Å². The van der Waals surface area contributed by atoms with Crippen LogP contribution in [-0.2, 0) is 12.8 Å². The molecule has 0 radical (unpaired) electrons. The molecular weight excluding hydrogens is 252 g/mol. The van der Waals surface area contributed by atoms with Gasteiger partial charge in [-0.15, -0.1) is 0 Å². The summed E-state index contributed by atoms with van der Waals surface area (Å²) in [6.07, 6.45) is 1.52. The first-order valence-electron chi connectivity index (χ1n) is 6.44. The quantitative estimate of drug-likeness (QED) is 0.819. The van der Waals surface area contributed by atoms with Gasteiger partial charge in [-0.2, -0.15) is 5.10 Å². The fraction of sp³-hybridized carbons (Fsp3) is 0.125. The summed E-state index contributed by atoms with van der Waals surface area (Å²) in [7, 11) is 0. The van der Waals surface area contributed by atoms with Crippen LogP contribution < -0.4 is 5.43 Å². The number of carbonyl (C=O) groups excluding carboxylic acids is 1. The van der Waals surface area contributed by atoms with Gasteiger partial charge in [-0.3, -0.25) is 4.79 Å². The molecule has 2 N–H and O–H groups in total. The number of aromatic hydroxyl groups is 1. The third-order valence-corrected chi connectivity index (χ3v) is 3.37. The molecule has 0 saturated carbocycles. The monoisotopic (exact) mass is 266 g/mol. The van der Waals surface area contributed by atoms with Crippen molar-refractivity contribution in [3.8, 4) is 5.75 Å². The first kappa shape index (κ1) is 12.4. The zero-order chi connectivity index (χ0) is 13.9. The minimum Gasteiger partial charge on any atom is -0.507 e. The van der Waals surface area contributed by atoms with Gasteiger partial charge in [0.25, 0.3) is 5.91 Å². The first-order valence-corrected chi connectivity index (χ1v) is 6.44. The SMILES string of the molecule is O=C(NN=C1Cc2ccccc2C1)c1ccccc1O. The molecule has 2 aromatic carbocycles. The number of para-hydroxylation sites is 1. The molecule has 0 atom stereocenters. The lowest BCUT2D eigenvalue weighted by Gasteiger charge is -2.03. The van der Waals surface area contributed by atoms with E-state index < -0.39 is 5.91 Å². The zero-order valence-corrected chi connectivity index (χ0v) is 10.8. The topological polar surface area (TPSA) is 61.7 Å². The second-order valence-corrected chi connectivity index (χ2v) is 4.76. The van der Waals surface area contributed by atoms with Crippen molar-refractivity contribution in [1.29, 1.82) is 0 Å². The molecule has 4 nitrogen and oxygen atoms in total. The molecule has 0 fully saturated rings. The molecule has 3 rings (SSSR count). The largest absolute Gasteiger partial charge is 0.507 e. The highest BCUT2D eigenvalue weighted by atomic mass is 16.3. The van der Waals surface area contributed by atoms with Gasteiger partial charge in [-0.1, -0.05) is 36.4 Å². The van der Waals surface area contributed by atoms with Crippen molar-refractivity contribution in [2.75, 3.05) is 0 Å². The van der Waals surface area contributed by atoms with Crippen LogP contribution in [-0.4, -0.2) is 16.7 Å². The van der Waals surface area contributed by atoms with Crippen LogP contribution in [0, 0.1) is 0 Å². The van der Waals surface area contributed by atoms with Crippen molar-refractivity contribution in [3.05, 3.63) is 65.2 Å². The van der Waals surface area contributed by atoms with E-state index in [-0.39, 0.29) is 11.3 Å². The number of hydrogen-bond acceptors (Lipinski definition) is 3. The number of hydrazone groups is 1. The van der Waals surface area contributed by atoms with Crippen molar-refractivity contribution in [2.24, 2.45) is 5.10 Å². The molecule has 0 aromatic heterocycles. The van der Waals surface area contributed by atoms with Crippen LogP contribution in [0.2, 0.25) is 0 Å². The number of amides is 1. The Morgan fingerprint density at radius 1 is 1.00 bits per heavy atom. The minimum atomic E-state index is -0.397. The highest BCUT2D eigenvalue weighted by molar-refractivity contribution is 5.98. The predicted octanol–water partition coefficient (Wildman–Crippen LogP) is 2.28. The number of phenols is 1. The maximum Gasteiger partial charge on any atom is 0.275 e. The normalized spacial score (nSPS) is 12.9. The minimum absolute atomic E-state index is 0.0418. The molecule has 100 valence electrons. The van der Waals surface area contributed by atoms with Crippen molar-refractivity contribution >= 4 is 11.6 Å². The van der Waals surface area contributed by atoms with Gasteiger partial charge >= 0.3 is 0 Å². The van der Waals surface area contributed by atoms with E-state index in [0.29, 0.717) is 0 Å². The third kappa shape index (κ3) is 2.40. The Morgan fingerprint density at radius 3 is 2.25 bits per heavy atom. The molecule has 0 unspecified atom stereocenters. The Bertz CT molecular complexity index is 665. The highest BCUT2D eigenvalue weighted by Crippen LogP contribution is 2.19. The predicted molar refractivity (Wildman–Crippen MR) is 76.9 cm³/mol. The van der Waals surface area contributed by atoms with E-state index in [1.54, 1.807) is 18.2 Å². The first-order chi connectivity index (χ1) is 9.74. The van der Waals surface area contributed by atoms with Gasteiger partial charge in [0.1, 0.15) is 5.75 Å². The van der Waals surface area contributed by atoms with E-state index in [2.05, 4.69) is 22.7 Å². The van der Waals surface area contributed by atoms with Gasteiger partial charge < -0.3 is 5.11 Å². The lowest BCUT2D eigenvalue weighted by Crippen LogP contribution is -2.20. The fourth-order valence-corrected chi connectivity index (χ4v) is 2.34. The molecule has 0 bridgehead atoms. The molecule has 4 heteroatoms. The number of rotatable bonds is 2. The van der Waals surface area contributed by atoms with Crippen LogP contribution in [0.25, 0.3) is 0 Å². The molecule has 20 heavy (non-hydrogen) atoms. The van der Waals surface area contributed by atoms with Crippen molar-refractivity contribution in [3.63, 3.8) is 0 Å². The maximum atomic E-state index is 11.9. The number of fused-ring (bicyclic) bond motifs is 1. The van der Waals surface area contributed by atoms with Crippen molar-refractivity contribution in [2.45, 2.75) is 12.8 Å². The number of nitrogens with zero attached hydrogens (tertiary/aromatic N) is 1. The lowest BCUT2D eigenvalue weighted by molar-refractivity contribution is 0.0952. The summed E-state index contributed by atoms with van der Waals surface area (Å²) in [6.45, 7) is 0. The van der Waals surface area contributed by atoms with Crippen molar-refractivity contribution in [1.82, 2.24) is 5.43 Å². The summed E-state index contributed by atoms with van der Waals surface area (Å²) in [4.78, 5) is 11.9. The second kappa shape index (κ2) is 5.17. The van der Waals surface area contributed by atoms with Gasteiger partial charge in [-0.05, 0) is 23.3 Å². The molecule has 1 aliphatic rings. The van der Waals surface area contributed by atoms with Crippen molar-refractivity contribution < 1.29 is 9.90 Å². The Balaban J connectivity index is 1.71. The summed E-state index contributed by atoms with van der Waals surface area (Å²) in [5.74, 6) is -0.438. The Morgan fingerprint density at radius 2 is 1.60 bits per heavy atom. The smallest absolute Gasteiger partial charge is 0.275 e. The number of nitrogens with one attached hydrogen (secondary N) is 1. The molecule has 1 aliphatic carbocycles. The number of phenolic OH excluding ortho intramolecular Hbond substituents is 1. The molecule has 0 aliphatic heterocycles. The summed E-state index contributed by atoms with van der Waals surface area (Å²) >= 11 is 0. The summed E-state index contributed by atoms with van der Waals surface area (Å²) < 4.78 is 0. The van der Waals surface area contributed by atoms with Gasteiger partial charge in [0.15, 0.2) is 0 Å². The molecule has 2 aromatic rings. The summed E-state index contributed by atoms with van der Waals surface area (Å²) in [5, 5.41) is 13.8. The number of hydrogen-bond donors (Lipinski definition) is 2. The summed E-state index contributed by atoms with van der Waals surface area (Å²) in [6, 6.07) is 14.6. The van der Waals surface area contributed by atoms with Gasteiger partial charge in [-0.25, -0.2) is 5.43 Å². The van der Waals surface area contributed by atoms with Crippen LogP contribution in [0.4, 0.5) is 0 Å². The number of benzene rings is 2. The lowest BCUT2D eigenvalue weighted by atomic mass is 10.1. The molecule has 0 saturated heterocycles. The summed E-state index contributed by atoms with van der Waals surface area (Å²) in [5.41, 5.74) is 6.17.